The fraction of sp³-hybridized carbons (Fsp3) is 0.308. The molecule has 2 rings (SSSR count). The van der Waals surface area contributed by atoms with Crippen molar-refractivity contribution in [3.63, 3.8) is 0 Å². The topological polar surface area (TPSA) is 12.9 Å². The summed E-state index contributed by atoms with van der Waals surface area (Å²) in [5.41, 5.74) is 0.287. The minimum Gasteiger partial charge on any atom is -0.241 e. The molecule has 0 spiro atoms. The number of hydrogen-bond donors (Lipinski definition) is 0. The highest BCUT2D eigenvalue weighted by atomic mass is 79.9. The smallest absolute Gasteiger partial charge is 0.241 e. The van der Waals surface area contributed by atoms with Gasteiger partial charge in [0.1, 0.15) is 5.01 Å². The van der Waals surface area contributed by atoms with Crippen molar-refractivity contribution in [3.8, 4) is 10.6 Å². The van der Waals surface area contributed by atoms with Gasteiger partial charge in [0.2, 0.25) is 0 Å². The number of alkyl halides is 3. The number of benzene rings is 1. The van der Waals surface area contributed by atoms with E-state index < -0.39 is 11.7 Å². The van der Waals surface area contributed by atoms with E-state index in [1.165, 1.54) is 17.4 Å². The van der Waals surface area contributed by atoms with Gasteiger partial charge in [-0.25, -0.2) is 4.98 Å². The normalized spacial score (nSPS) is 12.2. The van der Waals surface area contributed by atoms with Gasteiger partial charge >= 0.3 is 6.18 Å². The molecule has 19 heavy (non-hydrogen) atoms. The van der Waals surface area contributed by atoms with Crippen LogP contribution in [0.15, 0.2) is 28.1 Å². The third kappa shape index (κ3) is 3.17. The van der Waals surface area contributed by atoms with Gasteiger partial charge < -0.3 is 0 Å². The van der Waals surface area contributed by atoms with Crippen LogP contribution in [-0.4, -0.2) is 4.98 Å². The lowest BCUT2D eigenvalue weighted by atomic mass is 10.1. The molecule has 0 N–H and O–H groups in total. The molecule has 0 saturated carbocycles. The van der Waals surface area contributed by atoms with Gasteiger partial charge in [-0.1, -0.05) is 35.8 Å². The fourth-order valence-electron chi connectivity index (χ4n) is 1.61. The predicted octanol–water partition coefficient (Wildman–Crippen LogP) is 5.71. The minimum absolute atomic E-state index is 0.132. The first-order valence-corrected chi connectivity index (χ1v) is 7.29. The highest BCUT2D eigenvalue weighted by Gasteiger charge is 2.34. The van der Waals surface area contributed by atoms with Crippen LogP contribution >= 0.6 is 27.3 Å². The molecular weight excluding hydrogens is 339 g/mol. The Morgan fingerprint density at radius 3 is 2.47 bits per heavy atom. The van der Waals surface area contributed by atoms with Crippen LogP contribution in [0.2, 0.25) is 0 Å². The number of nitrogens with zero attached hydrogens (tertiary/aromatic N) is 1. The average Bonchev–Trinajstić information content (AvgIpc) is 2.77. The van der Waals surface area contributed by atoms with Crippen molar-refractivity contribution in [3.05, 3.63) is 39.3 Å². The molecule has 1 nitrogen and oxygen atoms in total. The van der Waals surface area contributed by atoms with Gasteiger partial charge in [-0.3, -0.25) is 0 Å². The molecule has 0 bridgehead atoms. The van der Waals surface area contributed by atoms with Crippen molar-refractivity contribution < 1.29 is 13.2 Å². The Morgan fingerprint density at radius 1 is 1.26 bits per heavy atom. The molecule has 0 radical (unpaired) electrons. The summed E-state index contributed by atoms with van der Waals surface area (Å²) >= 11 is 4.31. The molecule has 1 aromatic heterocycles. The maximum atomic E-state index is 13.0. The average molecular weight is 350 g/mol. The van der Waals surface area contributed by atoms with Gasteiger partial charge in [-0.2, -0.15) is 13.2 Å². The summed E-state index contributed by atoms with van der Waals surface area (Å²) < 4.78 is 39.5. The van der Waals surface area contributed by atoms with E-state index in [1.807, 2.05) is 19.2 Å². The summed E-state index contributed by atoms with van der Waals surface area (Å²) in [4.78, 5) is 4.29. The van der Waals surface area contributed by atoms with E-state index in [-0.39, 0.29) is 11.5 Å². The summed E-state index contributed by atoms with van der Waals surface area (Å²) in [6, 6.07) is 4.14. The van der Waals surface area contributed by atoms with Crippen molar-refractivity contribution in [2.24, 2.45) is 0 Å². The van der Waals surface area contributed by atoms with Gasteiger partial charge in [-0.05, 0) is 18.1 Å². The molecule has 0 aliphatic rings. The number of thiazole rings is 1. The molecule has 0 fully saturated rings. The highest BCUT2D eigenvalue weighted by molar-refractivity contribution is 9.10. The van der Waals surface area contributed by atoms with Crippen LogP contribution in [0.3, 0.4) is 0 Å². The SMILES string of the molecule is CC(C)c1csc(-c2ccc(Br)cc2C(F)(F)F)n1. The zero-order chi connectivity index (χ0) is 14.2. The zero-order valence-corrected chi connectivity index (χ0v) is 12.7. The molecule has 6 heteroatoms. The third-order valence-electron chi connectivity index (χ3n) is 2.63. The van der Waals surface area contributed by atoms with Gasteiger partial charge in [0, 0.05) is 15.4 Å². The summed E-state index contributed by atoms with van der Waals surface area (Å²) in [5.74, 6) is 0.204. The number of aromatic nitrogens is 1. The molecule has 0 unspecified atom stereocenters. The standard InChI is InChI=1S/C13H11BrF3NS/c1-7(2)11-6-19-12(18-11)9-4-3-8(14)5-10(9)13(15,16)17/h3-7H,1-2H3. The Morgan fingerprint density at radius 2 is 1.95 bits per heavy atom. The van der Waals surface area contributed by atoms with Crippen LogP contribution in [0.25, 0.3) is 10.6 Å². The largest absolute Gasteiger partial charge is 0.417 e. The summed E-state index contributed by atoms with van der Waals surface area (Å²) in [6.07, 6.45) is -4.39. The quantitative estimate of drug-likeness (QED) is 0.676. The monoisotopic (exact) mass is 349 g/mol. The number of halogens is 4. The van der Waals surface area contributed by atoms with Crippen molar-refractivity contribution in [1.29, 1.82) is 0 Å². The molecule has 0 atom stereocenters. The van der Waals surface area contributed by atoms with E-state index in [9.17, 15) is 13.2 Å². The number of hydrogen-bond acceptors (Lipinski definition) is 2. The van der Waals surface area contributed by atoms with E-state index in [2.05, 4.69) is 20.9 Å². The Kier molecular flexibility index (Phi) is 4.01. The maximum absolute atomic E-state index is 13.0. The second kappa shape index (κ2) is 5.25. The first kappa shape index (κ1) is 14.5. The Labute approximate surface area is 121 Å². The molecular formula is C13H11BrF3NS. The predicted molar refractivity (Wildman–Crippen MR) is 74.3 cm³/mol. The lowest BCUT2D eigenvalue weighted by Crippen LogP contribution is -2.07. The van der Waals surface area contributed by atoms with E-state index in [0.717, 1.165) is 11.8 Å². The first-order valence-electron chi connectivity index (χ1n) is 5.61. The molecule has 0 aliphatic carbocycles. The van der Waals surface area contributed by atoms with Crippen molar-refractivity contribution >= 4 is 27.3 Å². The van der Waals surface area contributed by atoms with Gasteiger partial charge in [-0.15, -0.1) is 11.3 Å². The lowest BCUT2D eigenvalue weighted by molar-refractivity contribution is -0.137. The molecule has 0 aliphatic heterocycles. The van der Waals surface area contributed by atoms with Crippen LogP contribution in [0, 0.1) is 0 Å². The second-order valence-electron chi connectivity index (χ2n) is 4.42. The molecule has 0 saturated heterocycles. The molecule has 1 aromatic carbocycles. The van der Waals surface area contributed by atoms with E-state index >= 15 is 0 Å². The molecule has 0 amide bonds. The summed E-state index contributed by atoms with van der Waals surface area (Å²) in [7, 11) is 0. The maximum Gasteiger partial charge on any atom is 0.417 e. The van der Waals surface area contributed by atoms with Crippen molar-refractivity contribution in [2.75, 3.05) is 0 Å². The van der Waals surface area contributed by atoms with Crippen LogP contribution in [-0.2, 0) is 6.18 Å². The minimum atomic E-state index is -4.39. The van der Waals surface area contributed by atoms with Crippen molar-refractivity contribution in [1.82, 2.24) is 4.98 Å². The van der Waals surface area contributed by atoms with Crippen LogP contribution in [0.1, 0.15) is 31.0 Å². The fourth-order valence-corrected chi connectivity index (χ4v) is 2.99. The number of rotatable bonds is 2. The van der Waals surface area contributed by atoms with Crippen LogP contribution in [0.5, 0.6) is 0 Å². The van der Waals surface area contributed by atoms with Gasteiger partial charge in [0.15, 0.2) is 0 Å². The first-order chi connectivity index (χ1) is 8.79. The molecule has 1 heterocycles. The summed E-state index contributed by atoms with van der Waals surface area (Å²) in [6.45, 7) is 3.93. The third-order valence-corrected chi connectivity index (χ3v) is 4.02. The molecule has 102 valence electrons. The molecule has 2 aromatic rings. The Bertz CT molecular complexity index is 590. The van der Waals surface area contributed by atoms with E-state index in [1.54, 1.807) is 6.07 Å². The Hall–Kier alpha value is -0.880. The van der Waals surface area contributed by atoms with E-state index in [0.29, 0.717) is 9.48 Å². The zero-order valence-electron chi connectivity index (χ0n) is 10.3. The van der Waals surface area contributed by atoms with Gasteiger partial charge in [0.05, 0.1) is 11.3 Å². The second-order valence-corrected chi connectivity index (χ2v) is 6.19. The summed E-state index contributed by atoms with van der Waals surface area (Å²) in [5, 5.41) is 2.21. The Balaban J connectivity index is 2.55. The van der Waals surface area contributed by atoms with Crippen molar-refractivity contribution in [2.45, 2.75) is 25.9 Å². The van der Waals surface area contributed by atoms with E-state index in [4.69, 9.17) is 0 Å². The van der Waals surface area contributed by atoms with Gasteiger partial charge in [0.25, 0.3) is 0 Å². The van der Waals surface area contributed by atoms with Crippen LogP contribution < -0.4 is 0 Å². The lowest BCUT2D eigenvalue weighted by Gasteiger charge is -2.11. The highest BCUT2D eigenvalue weighted by Crippen LogP contribution is 2.39. The van der Waals surface area contributed by atoms with Crippen LogP contribution in [0.4, 0.5) is 13.2 Å².